The first-order valence-corrected chi connectivity index (χ1v) is 8.74. The molecule has 3 fully saturated rings. The van der Waals surface area contributed by atoms with E-state index in [1.807, 2.05) is 0 Å². The summed E-state index contributed by atoms with van der Waals surface area (Å²) in [5.41, 5.74) is -4.83. The molecule has 0 aromatic heterocycles. The maximum atomic E-state index is 13.3. The number of fused-ring (bicyclic) bond motifs is 5. The van der Waals surface area contributed by atoms with Crippen LogP contribution in [-0.2, 0) is 25.3 Å². The zero-order valence-electron chi connectivity index (χ0n) is 15.3. The van der Waals surface area contributed by atoms with E-state index in [0.717, 1.165) is 12.1 Å². The van der Waals surface area contributed by atoms with Crippen LogP contribution in [-0.4, -0.2) is 34.1 Å². The molecule has 5 atom stereocenters. The van der Waals surface area contributed by atoms with Crippen molar-refractivity contribution in [2.75, 3.05) is 4.90 Å². The fourth-order valence-electron chi connectivity index (χ4n) is 5.13. The van der Waals surface area contributed by atoms with Gasteiger partial charge in [0.1, 0.15) is 0 Å². The number of anilines is 1. The highest BCUT2D eigenvalue weighted by molar-refractivity contribution is 6.23. The van der Waals surface area contributed by atoms with Gasteiger partial charge in [-0.1, -0.05) is 6.07 Å². The van der Waals surface area contributed by atoms with E-state index in [1.165, 1.54) is 6.92 Å². The van der Waals surface area contributed by atoms with E-state index in [4.69, 9.17) is 11.3 Å². The minimum atomic E-state index is -4.84. The van der Waals surface area contributed by atoms with Gasteiger partial charge in [0.15, 0.2) is 5.69 Å². The number of alkyl halides is 3. The molecule has 1 aromatic carbocycles. The van der Waals surface area contributed by atoms with Gasteiger partial charge >= 0.3 is 12.1 Å². The van der Waals surface area contributed by atoms with E-state index in [2.05, 4.69) is 4.85 Å². The molecule has 1 aromatic rings. The minimum Gasteiger partial charge on any atom is -0.481 e. The molecular formula is C19H15F3N2O5. The van der Waals surface area contributed by atoms with E-state index in [0.29, 0.717) is 11.0 Å². The third kappa shape index (κ3) is 2.37. The van der Waals surface area contributed by atoms with Crippen LogP contribution in [0.15, 0.2) is 18.2 Å². The van der Waals surface area contributed by atoms with Crippen molar-refractivity contribution in [1.29, 1.82) is 0 Å². The Hall–Kier alpha value is -2.93. The number of rotatable bonds is 2. The Morgan fingerprint density at radius 3 is 2.45 bits per heavy atom. The molecule has 4 rings (SSSR count). The second-order valence-corrected chi connectivity index (χ2v) is 7.97. The quantitative estimate of drug-likeness (QED) is 0.600. The van der Waals surface area contributed by atoms with Gasteiger partial charge in [0.05, 0.1) is 41.1 Å². The van der Waals surface area contributed by atoms with Crippen LogP contribution in [0.5, 0.6) is 0 Å². The molecule has 3 saturated heterocycles. The molecule has 2 amide bonds. The Morgan fingerprint density at radius 1 is 1.28 bits per heavy atom. The molecule has 7 nitrogen and oxygen atoms in total. The number of carbonyl (C=O) groups excluding carboxylic acids is 2. The SMILES string of the molecule is [C-]#[N+]c1ccc(N2C(=O)[C@@H]3[C@H](C2=O)C2(C)OC3(C)C[C@@H]2C(=O)O)cc1C(F)(F)F. The van der Waals surface area contributed by atoms with E-state index in [-0.39, 0.29) is 12.1 Å². The molecule has 1 N–H and O–H groups in total. The molecule has 0 aliphatic carbocycles. The van der Waals surface area contributed by atoms with Gasteiger partial charge in [0.2, 0.25) is 11.8 Å². The van der Waals surface area contributed by atoms with E-state index in [9.17, 15) is 32.7 Å². The van der Waals surface area contributed by atoms with Crippen LogP contribution in [0.1, 0.15) is 25.8 Å². The van der Waals surface area contributed by atoms with Gasteiger partial charge in [-0.3, -0.25) is 14.4 Å². The van der Waals surface area contributed by atoms with Gasteiger partial charge in [-0.15, -0.1) is 0 Å². The van der Waals surface area contributed by atoms with Gasteiger partial charge in [-0.25, -0.2) is 9.74 Å². The predicted molar refractivity (Wildman–Crippen MR) is 90.8 cm³/mol. The molecule has 2 bridgehead atoms. The average molecular weight is 408 g/mol. The third-order valence-corrected chi connectivity index (χ3v) is 6.30. The zero-order valence-corrected chi connectivity index (χ0v) is 15.3. The summed E-state index contributed by atoms with van der Waals surface area (Å²) >= 11 is 0. The summed E-state index contributed by atoms with van der Waals surface area (Å²) in [6, 6.07) is 2.63. The molecule has 2 unspecified atom stereocenters. The van der Waals surface area contributed by atoms with E-state index >= 15 is 0 Å². The maximum Gasteiger partial charge on any atom is 0.407 e. The van der Waals surface area contributed by atoms with Crippen molar-refractivity contribution in [3.8, 4) is 0 Å². The van der Waals surface area contributed by atoms with Crippen LogP contribution in [0.2, 0.25) is 0 Å². The molecule has 0 spiro atoms. The molecule has 3 aliphatic rings. The fraction of sp³-hybridized carbons (Fsp3) is 0.474. The molecule has 0 radical (unpaired) electrons. The first-order valence-electron chi connectivity index (χ1n) is 8.74. The van der Waals surface area contributed by atoms with Gasteiger partial charge in [0.25, 0.3) is 0 Å². The Balaban J connectivity index is 1.81. The Bertz CT molecular complexity index is 1020. The number of imide groups is 1. The van der Waals surface area contributed by atoms with Crippen LogP contribution in [0.3, 0.4) is 0 Å². The summed E-state index contributed by atoms with van der Waals surface area (Å²) in [5.74, 6) is -5.77. The van der Waals surface area contributed by atoms with Crippen LogP contribution in [0.4, 0.5) is 24.5 Å². The number of nitrogens with zero attached hydrogens (tertiary/aromatic N) is 2. The highest BCUT2D eigenvalue weighted by Crippen LogP contribution is 2.63. The maximum absolute atomic E-state index is 13.3. The number of halogens is 3. The number of carboxylic acids is 1. The van der Waals surface area contributed by atoms with E-state index in [1.54, 1.807) is 6.92 Å². The molecule has 0 saturated carbocycles. The Kier molecular flexibility index (Phi) is 3.72. The summed E-state index contributed by atoms with van der Waals surface area (Å²) in [7, 11) is 0. The highest BCUT2D eigenvalue weighted by Gasteiger charge is 2.77. The first-order chi connectivity index (χ1) is 13.3. The number of hydrogen-bond acceptors (Lipinski definition) is 4. The van der Waals surface area contributed by atoms with Crippen molar-refractivity contribution in [3.05, 3.63) is 35.2 Å². The van der Waals surface area contributed by atoms with Crippen molar-refractivity contribution in [2.45, 2.75) is 37.6 Å². The van der Waals surface area contributed by atoms with Crippen molar-refractivity contribution < 1.29 is 37.4 Å². The summed E-state index contributed by atoms with van der Waals surface area (Å²) in [4.78, 5) is 41.3. The van der Waals surface area contributed by atoms with Gasteiger partial charge in [0, 0.05) is 5.69 Å². The minimum absolute atomic E-state index is 0.0251. The number of aliphatic carboxylic acids is 1. The molecule has 29 heavy (non-hydrogen) atoms. The van der Waals surface area contributed by atoms with Crippen LogP contribution in [0, 0.1) is 24.3 Å². The number of amides is 2. The smallest absolute Gasteiger partial charge is 0.407 e. The van der Waals surface area contributed by atoms with Gasteiger partial charge < -0.3 is 9.84 Å². The fourth-order valence-corrected chi connectivity index (χ4v) is 5.13. The second kappa shape index (κ2) is 5.57. The summed E-state index contributed by atoms with van der Waals surface area (Å²) < 4.78 is 45.8. The van der Waals surface area contributed by atoms with Gasteiger partial charge in [-0.05, 0) is 32.4 Å². The summed E-state index contributed by atoms with van der Waals surface area (Å²) in [6.07, 6.45) is -4.82. The Morgan fingerprint density at radius 2 is 1.90 bits per heavy atom. The van der Waals surface area contributed by atoms with Crippen molar-refractivity contribution in [2.24, 2.45) is 17.8 Å². The second-order valence-electron chi connectivity index (χ2n) is 7.97. The number of benzene rings is 1. The summed E-state index contributed by atoms with van der Waals surface area (Å²) in [6.45, 7) is 9.92. The number of carbonyl (C=O) groups is 3. The van der Waals surface area contributed by atoms with Crippen molar-refractivity contribution >= 4 is 29.2 Å². The monoisotopic (exact) mass is 408 g/mol. The molecule has 10 heteroatoms. The molecule has 3 heterocycles. The normalized spacial score (nSPS) is 35.7. The van der Waals surface area contributed by atoms with E-state index < -0.39 is 64.2 Å². The zero-order chi connectivity index (χ0) is 21.5. The van der Waals surface area contributed by atoms with Crippen LogP contribution < -0.4 is 4.90 Å². The van der Waals surface area contributed by atoms with Crippen LogP contribution in [0.25, 0.3) is 4.85 Å². The summed E-state index contributed by atoms with van der Waals surface area (Å²) in [5, 5.41) is 9.51. The molecular weight excluding hydrogens is 393 g/mol. The predicted octanol–water partition coefficient (Wildman–Crippen LogP) is 3.01. The third-order valence-electron chi connectivity index (χ3n) is 6.30. The number of hydrogen-bond donors (Lipinski definition) is 1. The van der Waals surface area contributed by atoms with Crippen LogP contribution >= 0.6 is 0 Å². The lowest BCUT2D eigenvalue weighted by molar-refractivity contribution is -0.150. The number of carboxylic acid groups (broad SMARTS) is 1. The lowest BCUT2D eigenvalue weighted by Crippen LogP contribution is -2.48. The first kappa shape index (κ1) is 19.4. The standard InChI is InChI=1S/C19H15F3N2O5/c1-17-7-10(16(27)28)18(2,29-17)13-12(17)14(25)24(15(13)26)8-4-5-11(23-3)9(6-8)19(20,21)22/h4-6,10,12-13H,7H2,1-2H3,(H,27,28)/t10-,12+,13-,17?,18?/m1/s1. The van der Waals surface area contributed by atoms with Gasteiger partial charge in [-0.2, -0.15) is 13.2 Å². The number of ether oxygens (including phenoxy) is 1. The largest absolute Gasteiger partial charge is 0.481 e. The lowest BCUT2D eigenvalue weighted by Gasteiger charge is -2.32. The average Bonchev–Trinajstić information content (AvgIpc) is 3.15. The molecule has 152 valence electrons. The van der Waals surface area contributed by atoms with Crippen molar-refractivity contribution in [1.82, 2.24) is 0 Å². The highest BCUT2D eigenvalue weighted by atomic mass is 19.4. The Labute approximate surface area is 162 Å². The molecule has 3 aliphatic heterocycles. The van der Waals surface area contributed by atoms with Crippen molar-refractivity contribution in [3.63, 3.8) is 0 Å². The lowest BCUT2D eigenvalue weighted by atomic mass is 9.64. The topological polar surface area (TPSA) is 88.3 Å².